The average molecular weight is 472 g/mol. The van der Waals surface area contributed by atoms with E-state index >= 15 is 0 Å². The predicted octanol–water partition coefficient (Wildman–Crippen LogP) is 1.89. The smallest absolute Gasteiger partial charge is 0.242 e. The van der Waals surface area contributed by atoms with Gasteiger partial charge in [-0.3, -0.25) is 9.59 Å². The molecule has 0 spiro atoms. The van der Waals surface area contributed by atoms with Crippen molar-refractivity contribution in [3.63, 3.8) is 0 Å². The molecule has 33 heavy (non-hydrogen) atoms. The van der Waals surface area contributed by atoms with E-state index in [9.17, 15) is 18.0 Å². The fourth-order valence-electron chi connectivity index (χ4n) is 3.28. The van der Waals surface area contributed by atoms with Crippen molar-refractivity contribution < 1.29 is 32.0 Å². The van der Waals surface area contributed by atoms with E-state index < -0.39 is 21.8 Å². The Morgan fingerprint density at radius 1 is 1.03 bits per heavy atom. The molecule has 2 aromatic carbocycles. The summed E-state index contributed by atoms with van der Waals surface area (Å²) in [5.41, 5.74) is 0.751. The van der Waals surface area contributed by atoms with E-state index in [1.165, 1.54) is 25.3 Å². The maximum atomic E-state index is 12.8. The number of ether oxygens (including phenoxy) is 2. The third-order valence-corrected chi connectivity index (χ3v) is 6.38. The van der Waals surface area contributed by atoms with Crippen LogP contribution in [-0.4, -0.2) is 44.6 Å². The van der Waals surface area contributed by atoms with Crippen LogP contribution in [0.3, 0.4) is 0 Å². The van der Waals surface area contributed by atoms with Gasteiger partial charge in [0.25, 0.3) is 0 Å². The quantitative estimate of drug-likeness (QED) is 0.486. The van der Waals surface area contributed by atoms with Crippen LogP contribution in [-0.2, 0) is 26.2 Å². The largest absolute Gasteiger partial charge is 0.497 e. The molecule has 1 aliphatic heterocycles. The minimum atomic E-state index is -4.03. The third-order valence-electron chi connectivity index (χ3n) is 4.98. The van der Waals surface area contributed by atoms with Crippen molar-refractivity contribution in [3.8, 4) is 22.9 Å². The summed E-state index contributed by atoms with van der Waals surface area (Å²) in [5, 5.41) is 3.86. The number of rotatable bonds is 8. The van der Waals surface area contributed by atoms with E-state index in [2.05, 4.69) is 14.9 Å². The van der Waals surface area contributed by atoms with Crippen molar-refractivity contribution in [1.29, 1.82) is 0 Å². The van der Waals surface area contributed by atoms with E-state index in [0.717, 1.165) is 4.90 Å². The van der Waals surface area contributed by atoms with Crippen molar-refractivity contribution in [3.05, 3.63) is 48.4 Å². The summed E-state index contributed by atoms with van der Waals surface area (Å²) in [6.07, 6.45) is 0.121. The van der Waals surface area contributed by atoms with Gasteiger partial charge in [-0.25, -0.2) is 18.0 Å². The Labute approximate surface area is 189 Å². The van der Waals surface area contributed by atoms with Gasteiger partial charge >= 0.3 is 0 Å². The van der Waals surface area contributed by atoms with Crippen LogP contribution in [0.15, 0.2) is 51.9 Å². The summed E-state index contributed by atoms with van der Waals surface area (Å²) in [6.45, 7) is -0.256. The van der Waals surface area contributed by atoms with Crippen LogP contribution >= 0.6 is 0 Å². The molecule has 0 saturated carbocycles. The number of carbonyl (C=O) groups excluding carboxylic acids is 2. The highest BCUT2D eigenvalue weighted by molar-refractivity contribution is 7.89. The number of sulfonamides is 1. The fourth-order valence-corrected chi connectivity index (χ4v) is 4.28. The monoisotopic (exact) mass is 472 g/mol. The number of carbonyl (C=O) groups is 2. The first kappa shape index (κ1) is 22.4. The summed E-state index contributed by atoms with van der Waals surface area (Å²) >= 11 is 0. The maximum Gasteiger partial charge on any atom is 0.242 e. The first-order chi connectivity index (χ1) is 15.8. The van der Waals surface area contributed by atoms with Gasteiger partial charge < -0.3 is 14.0 Å². The van der Waals surface area contributed by atoms with Gasteiger partial charge in [0.2, 0.25) is 33.6 Å². The number of nitrogens with one attached hydrogen (secondary N) is 1. The second-order valence-corrected chi connectivity index (χ2v) is 8.79. The lowest BCUT2D eigenvalue weighted by Crippen LogP contribution is -2.29. The molecule has 0 radical (unpaired) electrons. The number of imide groups is 1. The van der Waals surface area contributed by atoms with Crippen LogP contribution in [0, 0.1) is 0 Å². The van der Waals surface area contributed by atoms with Gasteiger partial charge in [-0.05, 0) is 42.5 Å². The zero-order valence-corrected chi connectivity index (χ0v) is 18.6. The Kier molecular flexibility index (Phi) is 6.11. The normalized spacial score (nSPS) is 14.1. The Balaban J connectivity index is 1.52. The number of hydrogen-bond donors (Lipinski definition) is 1. The lowest BCUT2D eigenvalue weighted by atomic mass is 10.2. The SMILES string of the molecule is COc1ccc(-c2noc(CNS(=O)(=O)c3ccc(OC)c(N4C(=O)CCC4=O)c3)n2)cc1. The Morgan fingerprint density at radius 3 is 2.36 bits per heavy atom. The molecular weight excluding hydrogens is 452 g/mol. The molecule has 1 N–H and O–H groups in total. The topological polar surface area (TPSA) is 141 Å². The van der Waals surface area contributed by atoms with E-state index in [1.807, 2.05) is 0 Å². The first-order valence-corrected chi connectivity index (χ1v) is 11.3. The number of anilines is 1. The van der Waals surface area contributed by atoms with Gasteiger partial charge in [-0.15, -0.1) is 0 Å². The highest BCUT2D eigenvalue weighted by Gasteiger charge is 2.33. The molecule has 0 unspecified atom stereocenters. The van der Waals surface area contributed by atoms with Gasteiger partial charge in [0, 0.05) is 18.4 Å². The van der Waals surface area contributed by atoms with E-state index in [1.54, 1.807) is 31.4 Å². The van der Waals surface area contributed by atoms with Crippen LogP contribution in [0.25, 0.3) is 11.4 Å². The molecule has 12 heteroatoms. The predicted molar refractivity (Wildman–Crippen MR) is 115 cm³/mol. The third kappa shape index (κ3) is 4.56. The molecule has 0 atom stereocenters. The number of hydrogen-bond acceptors (Lipinski definition) is 9. The van der Waals surface area contributed by atoms with E-state index in [4.69, 9.17) is 14.0 Å². The molecule has 11 nitrogen and oxygen atoms in total. The van der Waals surface area contributed by atoms with Crippen molar-refractivity contribution in [2.75, 3.05) is 19.1 Å². The first-order valence-electron chi connectivity index (χ1n) is 9.83. The van der Waals surface area contributed by atoms with Gasteiger partial charge in [0.1, 0.15) is 11.5 Å². The molecule has 3 aromatic rings. The van der Waals surface area contributed by atoms with Crippen molar-refractivity contribution >= 4 is 27.5 Å². The number of amides is 2. The Hall–Kier alpha value is -3.77. The van der Waals surface area contributed by atoms with Crippen molar-refractivity contribution in [1.82, 2.24) is 14.9 Å². The molecular formula is C21H20N4O7S. The Morgan fingerprint density at radius 2 is 1.73 bits per heavy atom. The van der Waals surface area contributed by atoms with Crippen LogP contribution in [0.2, 0.25) is 0 Å². The molecule has 1 saturated heterocycles. The minimum Gasteiger partial charge on any atom is -0.497 e. The zero-order valence-electron chi connectivity index (χ0n) is 17.8. The summed E-state index contributed by atoms with van der Waals surface area (Å²) in [4.78, 5) is 29.2. The minimum absolute atomic E-state index is 0.0584. The van der Waals surface area contributed by atoms with Crippen LogP contribution < -0.4 is 19.1 Å². The zero-order chi connectivity index (χ0) is 23.6. The fraction of sp³-hybridized carbons (Fsp3) is 0.238. The molecule has 2 heterocycles. The number of nitrogens with zero attached hydrogens (tertiary/aromatic N) is 3. The van der Waals surface area contributed by atoms with Gasteiger partial charge in [-0.2, -0.15) is 4.98 Å². The second-order valence-electron chi connectivity index (χ2n) is 7.02. The summed E-state index contributed by atoms with van der Waals surface area (Å²) in [5.74, 6) is 0.396. The Bertz CT molecular complexity index is 1290. The summed E-state index contributed by atoms with van der Waals surface area (Å²) in [7, 11) is -1.11. The number of methoxy groups -OCH3 is 2. The molecule has 0 aliphatic carbocycles. The number of benzene rings is 2. The van der Waals surface area contributed by atoms with Crippen molar-refractivity contribution in [2.45, 2.75) is 24.3 Å². The maximum absolute atomic E-state index is 12.8. The number of aromatic nitrogens is 2. The van der Waals surface area contributed by atoms with Gasteiger partial charge in [0.15, 0.2) is 0 Å². The standard InChI is InChI=1S/C21H20N4O7S/c1-30-14-5-3-13(4-6-14)21-23-18(32-24-21)12-22-33(28,29)15-7-8-17(31-2)16(11-15)25-19(26)9-10-20(25)27/h3-8,11,22H,9-10,12H2,1-2H3. The highest BCUT2D eigenvalue weighted by Crippen LogP contribution is 2.34. The van der Waals surface area contributed by atoms with E-state index in [-0.39, 0.29) is 41.6 Å². The second kappa shape index (κ2) is 9.00. The van der Waals surface area contributed by atoms with Gasteiger partial charge in [-0.1, -0.05) is 5.16 Å². The average Bonchev–Trinajstić information content (AvgIpc) is 3.43. The van der Waals surface area contributed by atoms with Crippen LogP contribution in [0.1, 0.15) is 18.7 Å². The molecule has 172 valence electrons. The van der Waals surface area contributed by atoms with Crippen molar-refractivity contribution in [2.24, 2.45) is 0 Å². The summed E-state index contributed by atoms with van der Waals surface area (Å²) in [6, 6.07) is 10.9. The molecule has 4 rings (SSSR count). The van der Waals surface area contributed by atoms with Crippen LogP contribution in [0.4, 0.5) is 5.69 Å². The van der Waals surface area contributed by atoms with Gasteiger partial charge in [0.05, 0.1) is 31.3 Å². The molecule has 2 amide bonds. The lowest BCUT2D eigenvalue weighted by molar-refractivity contribution is -0.121. The molecule has 0 bridgehead atoms. The summed E-state index contributed by atoms with van der Waals surface area (Å²) < 4.78 is 43.5. The molecule has 1 aromatic heterocycles. The lowest BCUT2D eigenvalue weighted by Gasteiger charge is -2.18. The molecule has 1 aliphatic rings. The highest BCUT2D eigenvalue weighted by atomic mass is 32.2. The van der Waals surface area contributed by atoms with Crippen LogP contribution in [0.5, 0.6) is 11.5 Å². The molecule has 1 fully saturated rings. The van der Waals surface area contributed by atoms with E-state index in [0.29, 0.717) is 17.1 Å².